The standard InChI is InChI=1S/C13H21NO3/c1-10(2)8-14(9-12(15)16)13(17)11-6-4-3-5-7-11/h3-4,10-11H,5-9H2,1-2H3,(H,15,16). The summed E-state index contributed by atoms with van der Waals surface area (Å²) in [7, 11) is 0. The topological polar surface area (TPSA) is 57.6 Å². The first-order valence-electron chi connectivity index (χ1n) is 6.16. The molecule has 1 N–H and O–H groups in total. The minimum absolute atomic E-state index is 0.00884. The van der Waals surface area contributed by atoms with E-state index in [4.69, 9.17) is 5.11 Å². The third-order valence-corrected chi connectivity index (χ3v) is 2.84. The van der Waals surface area contributed by atoms with Gasteiger partial charge < -0.3 is 10.0 Å². The van der Waals surface area contributed by atoms with Crippen molar-refractivity contribution >= 4 is 11.9 Å². The van der Waals surface area contributed by atoms with Gasteiger partial charge in [0.15, 0.2) is 0 Å². The third-order valence-electron chi connectivity index (χ3n) is 2.84. The molecular formula is C13H21NO3. The van der Waals surface area contributed by atoms with E-state index in [0.29, 0.717) is 6.54 Å². The van der Waals surface area contributed by atoms with E-state index in [1.54, 1.807) is 0 Å². The number of carbonyl (C=O) groups excluding carboxylic acids is 1. The molecule has 1 aliphatic carbocycles. The van der Waals surface area contributed by atoms with Crippen molar-refractivity contribution < 1.29 is 14.7 Å². The summed E-state index contributed by atoms with van der Waals surface area (Å²) >= 11 is 0. The van der Waals surface area contributed by atoms with E-state index in [-0.39, 0.29) is 24.3 Å². The lowest BCUT2D eigenvalue weighted by Gasteiger charge is -2.28. The van der Waals surface area contributed by atoms with E-state index in [9.17, 15) is 9.59 Å². The van der Waals surface area contributed by atoms with Gasteiger partial charge in [-0.1, -0.05) is 26.0 Å². The molecule has 1 rings (SSSR count). The van der Waals surface area contributed by atoms with Gasteiger partial charge in [0.1, 0.15) is 6.54 Å². The molecule has 1 aliphatic rings. The Hall–Kier alpha value is -1.32. The van der Waals surface area contributed by atoms with Crippen LogP contribution in [-0.2, 0) is 9.59 Å². The molecule has 0 fully saturated rings. The molecule has 0 aliphatic heterocycles. The van der Waals surface area contributed by atoms with Crippen LogP contribution < -0.4 is 0 Å². The van der Waals surface area contributed by atoms with E-state index in [1.807, 2.05) is 19.9 Å². The van der Waals surface area contributed by atoms with Crippen LogP contribution in [0.4, 0.5) is 0 Å². The summed E-state index contributed by atoms with van der Waals surface area (Å²) < 4.78 is 0. The Labute approximate surface area is 102 Å². The van der Waals surface area contributed by atoms with E-state index < -0.39 is 5.97 Å². The zero-order valence-electron chi connectivity index (χ0n) is 10.6. The number of hydrogen-bond acceptors (Lipinski definition) is 2. The van der Waals surface area contributed by atoms with Gasteiger partial charge >= 0.3 is 5.97 Å². The first-order valence-corrected chi connectivity index (χ1v) is 6.16. The number of carboxylic acids is 1. The van der Waals surface area contributed by atoms with E-state index >= 15 is 0 Å². The summed E-state index contributed by atoms with van der Waals surface area (Å²) in [4.78, 5) is 24.5. The number of rotatable bonds is 5. The Balaban J connectivity index is 2.63. The number of hydrogen-bond donors (Lipinski definition) is 1. The summed E-state index contributed by atoms with van der Waals surface area (Å²) in [6, 6.07) is 0. The minimum atomic E-state index is -0.939. The molecule has 0 heterocycles. The van der Waals surface area contributed by atoms with Crippen LogP contribution >= 0.6 is 0 Å². The second kappa shape index (κ2) is 6.42. The molecule has 0 bridgehead atoms. The number of aliphatic carboxylic acids is 1. The SMILES string of the molecule is CC(C)CN(CC(=O)O)C(=O)C1CC=CCC1. The van der Waals surface area contributed by atoms with Crippen LogP contribution in [0.3, 0.4) is 0 Å². The van der Waals surface area contributed by atoms with Gasteiger partial charge in [-0.3, -0.25) is 9.59 Å². The summed E-state index contributed by atoms with van der Waals surface area (Å²) in [6.45, 7) is 4.31. The summed E-state index contributed by atoms with van der Waals surface area (Å²) in [5.41, 5.74) is 0. The lowest BCUT2D eigenvalue weighted by Crippen LogP contribution is -2.42. The first-order chi connectivity index (χ1) is 8.00. The largest absolute Gasteiger partial charge is 0.480 e. The van der Waals surface area contributed by atoms with Crippen LogP contribution in [0.2, 0.25) is 0 Å². The normalized spacial score (nSPS) is 19.4. The van der Waals surface area contributed by atoms with Gasteiger partial charge in [0.05, 0.1) is 0 Å². The Morgan fingerprint density at radius 2 is 2.12 bits per heavy atom. The molecule has 1 unspecified atom stereocenters. The molecule has 0 saturated carbocycles. The maximum absolute atomic E-state index is 12.2. The molecule has 1 amide bonds. The van der Waals surface area contributed by atoms with Crippen LogP contribution in [0.5, 0.6) is 0 Å². The van der Waals surface area contributed by atoms with Gasteiger partial charge in [-0.05, 0) is 25.2 Å². The summed E-state index contributed by atoms with van der Waals surface area (Å²) in [5, 5.41) is 8.84. The Morgan fingerprint density at radius 3 is 2.59 bits per heavy atom. The van der Waals surface area contributed by atoms with Crippen molar-refractivity contribution in [1.29, 1.82) is 0 Å². The van der Waals surface area contributed by atoms with Gasteiger partial charge in [0.25, 0.3) is 0 Å². The maximum atomic E-state index is 12.2. The Kier molecular flexibility index (Phi) is 5.19. The summed E-state index contributed by atoms with van der Waals surface area (Å²) in [5.74, 6) is -0.689. The third kappa shape index (κ3) is 4.59. The number of carbonyl (C=O) groups is 2. The average molecular weight is 239 g/mol. The van der Waals surface area contributed by atoms with Crippen molar-refractivity contribution in [3.63, 3.8) is 0 Å². The van der Waals surface area contributed by atoms with Crippen LogP contribution in [0.25, 0.3) is 0 Å². The highest BCUT2D eigenvalue weighted by Crippen LogP contribution is 2.21. The fourth-order valence-electron chi connectivity index (χ4n) is 2.11. The monoisotopic (exact) mass is 239 g/mol. The van der Waals surface area contributed by atoms with Crippen molar-refractivity contribution in [2.24, 2.45) is 11.8 Å². The predicted molar refractivity (Wildman–Crippen MR) is 65.5 cm³/mol. The van der Waals surface area contributed by atoms with Crippen LogP contribution in [0.15, 0.2) is 12.2 Å². The zero-order chi connectivity index (χ0) is 12.8. The lowest BCUT2D eigenvalue weighted by atomic mass is 9.93. The highest BCUT2D eigenvalue weighted by atomic mass is 16.4. The number of allylic oxidation sites excluding steroid dienone is 2. The summed E-state index contributed by atoms with van der Waals surface area (Å²) in [6.07, 6.45) is 6.59. The predicted octanol–water partition coefficient (Wildman–Crippen LogP) is 1.91. The molecule has 0 radical (unpaired) electrons. The average Bonchev–Trinajstić information content (AvgIpc) is 2.27. The molecule has 0 aromatic rings. The lowest BCUT2D eigenvalue weighted by molar-refractivity contribution is -0.146. The molecule has 4 heteroatoms. The minimum Gasteiger partial charge on any atom is -0.480 e. The van der Waals surface area contributed by atoms with Gasteiger partial charge in [-0.2, -0.15) is 0 Å². The second-order valence-electron chi connectivity index (χ2n) is 4.99. The fraction of sp³-hybridized carbons (Fsp3) is 0.692. The molecule has 1 atom stereocenters. The van der Waals surface area contributed by atoms with Crippen LogP contribution in [0.1, 0.15) is 33.1 Å². The Bertz CT molecular complexity index is 310. The van der Waals surface area contributed by atoms with Crippen LogP contribution in [-0.4, -0.2) is 35.0 Å². The van der Waals surface area contributed by atoms with Crippen molar-refractivity contribution in [3.8, 4) is 0 Å². The molecular weight excluding hydrogens is 218 g/mol. The smallest absolute Gasteiger partial charge is 0.323 e. The zero-order valence-corrected chi connectivity index (χ0v) is 10.6. The van der Waals surface area contributed by atoms with Gasteiger partial charge in [-0.15, -0.1) is 0 Å². The molecule has 96 valence electrons. The van der Waals surface area contributed by atoms with Crippen molar-refractivity contribution in [2.45, 2.75) is 33.1 Å². The number of nitrogens with zero attached hydrogens (tertiary/aromatic N) is 1. The highest BCUT2D eigenvalue weighted by Gasteiger charge is 2.26. The molecule has 0 aromatic carbocycles. The van der Waals surface area contributed by atoms with Gasteiger partial charge in [0, 0.05) is 12.5 Å². The first kappa shape index (κ1) is 13.7. The van der Waals surface area contributed by atoms with E-state index in [1.165, 1.54) is 4.90 Å². The molecule has 0 spiro atoms. The quantitative estimate of drug-likeness (QED) is 0.746. The van der Waals surface area contributed by atoms with E-state index in [2.05, 4.69) is 6.08 Å². The highest BCUT2D eigenvalue weighted by molar-refractivity contribution is 5.83. The maximum Gasteiger partial charge on any atom is 0.323 e. The number of carboxylic acid groups (broad SMARTS) is 1. The molecule has 17 heavy (non-hydrogen) atoms. The second-order valence-corrected chi connectivity index (χ2v) is 4.99. The number of amides is 1. The molecule has 4 nitrogen and oxygen atoms in total. The fourth-order valence-corrected chi connectivity index (χ4v) is 2.11. The molecule has 0 saturated heterocycles. The van der Waals surface area contributed by atoms with Crippen molar-refractivity contribution in [2.75, 3.05) is 13.1 Å². The Morgan fingerprint density at radius 1 is 1.41 bits per heavy atom. The van der Waals surface area contributed by atoms with Crippen molar-refractivity contribution in [3.05, 3.63) is 12.2 Å². The van der Waals surface area contributed by atoms with Crippen LogP contribution in [0, 0.1) is 11.8 Å². The van der Waals surface area contributed by atoms with Gasteiger partial charge in [-0.25, -0.2) is 0 Å². The molecule has 0 aromatic heterocycles. The van der Waals surface area contributed by atoms with Gasteiger partial charge in [0.2, 0.25) is 5.91 Å². The van der Waals surface area contributed by atoms with E-state index in [0.717, 1.165) is 19.3 Å². The van der Waals surface area contributed by atoms with Crippen molar-refractivity contribution in [1.82, 2.24) is 4.90 Å².